The zero-order chi connectivity index (χ0) is 7.44. The van der Waals surface area contributed by atoms with E-state index in [9.17, 15) is 0 Å². The fraction of sp³-hybridized carbons (Fsp3) is 1.00. The molecular weight excluding hydrogens is 117 g/mol. The van der Waals surface area contributed by atoms with E-state index in [1.54, 1.807) is 0 Å². The summed E-state index contributed by atoms with van der Waals surface area (Å²) < 4.78 is 0. The Bertz CT molecular complexity index is 79.4. The van der Waals surface area contributed by atoms with E-state index in [2.05, 4.69) is 0 Å². The molecule has 0 aliphatic rings. The molecule has 0 aromatic heterocycles. The Labute approximate surface area is 56.0 Å². The zero-order valence-corrected chi connectivity index (χ0v) is 5.91. The summed E-state index contributed by atoms with van der Waals surface area (Å²) in [5.74, 6) is -0.333. The lowest BCUT2D eigenvalue weighted by molar-refractivity contribution is 0.355. The number of hydrogen-bond acceptors (Lipinski definition) is 3. The van der Waals surface area contributed by atoms with Crippen molar-refractivity contribution in [3.8, 4) is 0 Å². The van der Waals surface area contributed by atoms with E-state index in [4.69, 9.17) is 15.8 Å². The van der Waals surface area contributed by atoms with Gasteiger partial charge in [-0.3, -0.25) is 0 Å². The van der Waals surface area contributed by atoms with Crippen LogP contribution in [0.2, 0.25) is 0 Å². The third kappa shape index (κ3) is 2.84. The number of nitrogens with two attached hydrogens (primary N) is 1. The molecule has 0 aromatic carbocycles. The van der Waals surface area contributed by atoms with Crippen LogP contribution in [0.25, 0.3) is 0 Å². The van der Waals surface area contributed by atoms with Gasteiger partial charge in [-0.25, -0.2) is 0 Å². The molecule has 2 atom stereocenters. The van der Waals surface area contributed by atoms with Crippen molar-refractivity contribution in [2.24, 2.45) is 11.7 Å². The van der Waals surface area contributed by atoms with Crippen LogP contribution in [-0.2, 0) is 0 Å². The van der Waals surface area contributed by atoms with Gasteiger partial charge in [0, 0.05) is 5.94 Å². The Kier molecular flexibility index (Phi) is 3.85. The molecule has 0 aromatic rings. The lowest BCUT2D eigenvalue weighted by Crippen LogP contribution is -2.43. The third-order valence-corrected chi connectivity index (χ3v) is 1.65. The van der Waals surface area contributed by atoms with Crippen LogP contribution in [0.3, 0.4) is 0 Å². The molecule has 0 saturated carbocycles. The van der Waals surface area contributed by atoms with Crippen LogP contribution in [-0.4, -0.2) is 23.1 Å². The molecule has 3 nitrogen and oxygen atoms in total. The van der Waals surface area contributed by atoms with Gasteiger partial charge < -0.3 is 15.8 Å². The first-order valence-corrected chi connectivity index (χ1v) is 3.21. The third-order valence-electron chi connectivity index (χ3n) is 1.65. The lowest BCUT2D eigenvalue weighted by atomic mass is 9.72. The highest BCUT2D eigenvalue weighted by atomic mass is 16.4. The standard InChI is InChI=1S/C5H14BNO2/c1-3-4(2)5(7)6(8)9/h4-5,8-9H,3,7H2,1-2H3/t4-,5+/m1/s1. The second-order valence-electron chi connectivity index (χ2n) is 2.38. The normalized spacial score (nSPS) is 17.0. The Morgan fingerprint density at radius 3 is 2.11 bits per heavy atom. The summed E-state index contributed by atoms with van der Waals surface area (Å²) >= 11 is 0. The van der Waals surface area contributed by atoms with E-state index < -0.39 is 13.1 Å². The summed E-state index contributed by atoms with van der Waals surface area (Å²) in [7, 11) is -1.38. The highest BCUT2D eigenvalue weighted by molar-refractivity contribution is 6.43. The van der Waals surface area contributed by atoms with Gasteiger partial charge in [-0.2, -0.15) is 0 Å². The topological polar surface area (TPSA) is 66.5 Å². The highest BCUT2D eigenvalue weighted by Crippen LogP contribution is 2.04. The molecule has 0 spiro atoms. The van der Waals surface area contributed by atoms with Gasteiger partial charge in [-0.1, -0.05) is 20.3 Å². The number of rotatable bonds is 3. The molecule has 0 fully saturated rings. The molecule has 0 amide bonds. The van der Waals surface area contributed by atoms with Gasteiger partial charge in [0.2, 0.25) is 0 Å². The molecule has 0 bridgehead atoms. The summed E-state index contributed by atoms with van der Waals surface area (Å²) in [6.45, 7) is 3.86. The highest BCUT2D eigenvalue weighted by Gasteiger charge is 2.23. The first kappa shape index (κ1) is 8.94. The summed E-state index contributed by atoms with van der Waals surface area (Å²) in [4.78, 5) is 0. The average molecular weight is 131 g/mol. The quantitative estimate of drug-likeness (QED) is 0.447. The fourth-order valence-electron chi connectivity index (χ4n) is 0.566. The van der Waals surface area contributed by atoms with Crippen molar-refractivity contribution < 1.29 is 10.0 Å². The van der Waals surface area contributed by atoms with Crippen molar-refractivity contribution in [3.05, 3.63) is 0 Å². The van der Waals surface area contributed by atoms with E-state index in [1.165, 1.54) is 0 Å². The predicted molar refractivity (Wildman–Crippen MR) is 37.6 cm³/mol. The van der Waals surface area contributed by atoms with E-state index >= 15 is 0 Å². The van der Waals surface area contributed by atoms with E-state index in [0.717, 1.165) is 6.42 Å². The molecule has 0 aliphatic heterocycles. The van der Waals surface area contributed by atoms with Gasteiger partial charge in [-0.15, -0.1) is 0 Å². The first-order valence-electron chi connectivity index (χ1n) is 3.21. The Morgan fingerprint density at radius 2 is 2.00 bits per heavy atom. The van der Waals surface area contributed by atoms with Crippen LogP contribution in [0.5, 0.6) is 0 Å². The monoisotopic (exact) mass is 131 g/mol. The van der Waals surface area contributed by atoms with Crippen molar-refractivity contribution in [2.45, 2.75) is 26.2 Å². The lowest BCUT2D eigenvalue weighted by Gasteiger charge is -2.15. The summed E-state index contributed by atoms with van der Waals surface area (Å²) in [6.07, 6.45) is 0.874. The maximum absolute atomic E-state index is 8.55. The van der Waals surface area contributed by atoms with E-state index in [0.29, 0.717) is 0 Å². The molecule has 0 heterocycles. The van der Waals surface area contributed by atoms with Crippen LogP contribution in [0.1, 0.15) is 20.3 Å². The second kappa shape index (κ2) is 3.87. The smallest absolute Gasteiger partial charge is 0.426 e. The largest absolute Gasteiger partial charge is 0.469 e. The number of hydrogen-bond donors (Lipinski definition) is 3. The minimum Gasteiger partial charge on any atom is -0.426 e. The van der Waals surface area contributed by atoms with Crippen molar-refractivity contribution in [2.75, 3.05) is 0 Å². The van der Waals surface area contributed by atoms with Crippen LogP contribution in [0.4, 0.5) is 0 Å². The zero-order valence-electron chi connectivity index (χ0n) is 5.91. The van der Waals surface area contributed by atoms with Crippen molar-refractivity contribution >= 4 is 7.12 Å². The molecule has 0 aliphatic carbocycles. The fourth-order valence-corrected chi connectivity index (χ4v) is 0.566. The first-order chi connectivity index (χ1) is 4.09. The van der Waals surface area contributed by atoms with E-state index in [-0.39, 0.29) is 5.92 Å². The summed E-state index contributed by atoms with van der Waals surface area (Å²) in [5, 5.41) is 17.1. The Balaban J connectivity index is 3.58. The van der Waals surface area contributed by atoms with Gasteiger partial charge >= 0.3 is 7.12 Å². The Hall–Kier alpha value is -0.0551. The van der Waals surface area contributed by atoms with Crippen molar-refractivity contribution in [1.29, 1.82) is 0 Å². The van der Waals surface area contributed by atoms with E-state index in [1.807, 2.05) is 13.8 Å². The SMILES string of the molecule is CC[C@@H](C)[C@H](N)B(O)O. The molecule has 54 valence electrons. The predicted octanol–water partition coefficient (Wildman–Crippen LogP) is -0.628. The van der Waals surface area contributed by atoms with Crippen LogP contribution >= 0.6 is 0 Å². The molecule has 0 unspecified atom stereocenters. The molecule has 0 saturated heterocycles. The average Bonchev–Trinajstić information content (AvgIpc) is 1.84. The minimum atomic E-state index is -1.38. The summed E-state index contributed by atoms with van der Waals surface area (Å²) in [6, 6.07) is 0. The minimum absolute atomic E-state index is 0.171. The molecule has 4 heteroatoms. The molecular formula is C5H14BNO2. The maximum atomic E-state index is 8.55. The van der Waals surface area contributed by atoms with Crippen LogP contribution in [0, 0.1) is 5.92 Å². The van der Waals surface area contributed by atoms with Gasteiger partial charge in [0.15, 0.2) is 0 Å². The second-order valence-corrected chi connectivity index (χ2v) is 2.38. The molecule has 9 heavy (non-hydrogen) atoms. The van der Waals surface area contributed by atoms with Crippen LogP contribution in [0.15, 0.2) is 0 Å². The molecule has 0 radical (unpaired) electrons. The van der Waals surface area contributed by atoms with Gasteiger partial charge in [0.05, 0.1) is 0 Å². The van der Waals surface area contributed by atoms with Crippen LogP contribution < -0.4 is 5.73 Å². The van der Waals surface area contributed by atoms with Gasteiger partial charge in [-0.05, 0) is 5.92 Å². The summed E-state index contributed by atoms with van der Waals surface area (Å²) in [5.41, 5.74) is 5.37. The van der Waals surface area contributed by atoms with Gasteiger partial charge in [0.1, 0.15) is 0 Å². The Morgan fingerprint density at radius 1 is 1.56 bits per heavy atom. The van der Waals surface area contributed by atoms with Gasteiger partial charge in [0.25, 0.3) is 0 Å². The maximum Gasteiger partial charge on any atom is 0.469 e. The van der Waals surface area contributed by atoms with Crippen molar-refractivity contribution in [3.63, 3.8) is 0 Å². The molecule has 4 N–H and O–H groups in total. The van der Waals surface area contributed by atoms with Crippen molar-refractivity contribution in [1.82, 2.24) is 0 Å². The molecule has 0 rings (SSSR count).